The molecule has 0 aromatic rings. The van der Waals surface area contributed by atoms with Gasteiger partial charge >= 0.3 is 0 Å². The Bertz CT molecular complexity index is 250. The van der Waals surface area contributed by atoms with Crippen LogP contribution in [0.15, 0.2) is 0 Å². The van der Waals surface area contributed by atoms with Crippen molar-refractivity contribution in [3.63, 3.8) is 0 Å². The Morgan fingerprint density at radius 3 is 1.38 bits per heavy atom. The summed E-state index contributed by atoms with van der Waals surface area (Å²) < 4.78 is 21.0. The van der Waals surface area contributed by atoms with Crippen LogP contribution in [0.2, 0.25) is 0 Å². The zero-order valence-corrected chi connectivity index (χ0v) is 10.1. The highest BCUT2D eigenvalue weighted by Gasteiger charge is 2.35. The Kier molecular flexibility index (Phi) is 3.21. The van der Waals surface area contributed by atoms with Crippen LogP contribution >= 0.6 is 13.3 Å². The lowest BCUT2D eigenvalue weighted by Gasteiger charge is -2.20. The minimum atomic E-state index is -2.41. The lowest BCUT2D eigenvalue weighted by Crippen LogP contribution is -2.07. The van der Waals surface area contributed by atoms with Crippen LogP contribution in [-0.2, 0) is 41.7 Å². The number of hydrogen-bond donors (Lipinski definition) is 1. The van der Waals surface area contributed by atoms with E-state index in [0.717, 1.165) is 0 Å². The van der Waals surface area contributed by atoms with E-state index in [-0.39, 0.29) is 0 Å². The van der Waals surface area contributed by atoms with Crippen molar-refractivity contribution in [1.29, 1.82) is 0 Å². The van der Waals surface area contributed by atoms with Gasteiger partial charge in [0.2, 0.25) is 0 Å². The molecule has 2 fully saturated rings. The Morgan fingerprint density at radius 1 is 0.769 bits per heavy atom. The third-order valence-electron chi connectivity index (χ3n) is 1.46. The maximum absolute atomic E-state index is 5.26. The van der Waals surface area contributed by atoms with E-state index in [0.29, 0.717) is 26.4 Å². The van der Waals surface area contributed by atoms with Gasteiger partial charge < -0.3 is 18.1 Å². The van der Waals surface area contributed by atoms with Crippen molar-refractivity contribution in [2.45, 2.75) is 0 Å². The topological polar surface area (TPSA) is 49.0 Å². The summed E-state index contributed by atoms with van der Waals surface area (Å²) in [5, 5.41) is 0. The average Bonchev–Trinajstić information content (AvgIpc) is 2.60. The molecule has 0 atom stereocenters. The predicted octanol–water partition coefficient (Wildman–Crippen LogP) is 1.12. The molecule has 2 rings (SSSR count). The second-order valence-electron chi connectivity index (χ2n) is 2.43. The lowest BCUT2D eigenvalue weighted by atomic mass is 10.8. The third-order valence-corrected chi connectivity index (χ3v) is 8.24. The number of nitrogens with one attached hydrogen (secondary N) is 1. The molecule has 0 amide bonds. The normalized spacial score (nSPS) is 30.8. The first-order valence-electron chi connectivity index (χ1n) is 3.70. The molecule has 13 heavy (non-hydrogen) atoms. The maximum Gasteiger partial charge on any atom is 0.268 e. The van der Waals surface area contributed by atoms with Gasteiger partial charge in [-0.3, -0.25) is 0 Å². The van der Waals surface area contributed by atoms with Gasteiger partial charge in [0.1, 0.15) is 0 Å². The van der Waals surface area contributed by atoms with Gasteiger partial charge in [0, 0.05) is 0 Å². The van der Waals surface area contributed by atoms with Crippen molar-refractivity contribution in [3.8, 4) is 0 Å². The minimum absolute atomic E-state index is 0.514. The number of hydrogen-bond acceptors (Lipinski definition) is 6. The Labute approximate surface area is 86.5 Å². The first-order chi connectivity index (χ1) is 6.12. The largest absolute Gasteiger partial charge is 0.315 e. The molecule has 0 aromatic carbocycles. The Morgan fingerprint density at radius 2 is 1.08 bits per heavy atom. The van der Waals surface area contributed by atoms with Crippen molar-refractivity contribution in [2.24, 2.45) is 0 Å². The molecule has 1 N–H and O–H groups in total. The minimum Gasteiger partial charge on any atom is -0.315 e. The van der Waals surface area contributed by atoms with Crippen LogP contribution in [0.4, 0.5) is 0 Å². The third kappa shape index (κ3) is 2.56. The molecule has 0 bridgehead atoms. The molecule has 0 unspecified atom stereocenters. The fourth-order valence-electron chi connectivity index (χ4n) is 0.970. The molecule has 0 saturated carbocycles. The standard InChI is InChI=1S/C4H9NO4P2S2/c12-10(6-1-2-7-10)5-11(13)8-3-4-9-11/h1-4H2,(H,5,12,13). The molecule has 2 aliphatic heterocycles. The molecular formula is C4H9NO4P2S2. The summed E-state index contributed by atoms with van der Waals surface area (Å²) in [5.74, 6) is 0. The molecule has 0 radical (unpaired) electrons. The summed E-state index contributed by atoms with van der Waals surface area (Å²) >= 11 is 10.3. The first kappa shape index (κ1) is 10.6. The van der Waals surface area contributed by atoms with Gasteiger partial charge in [-0.2, -0.15) is 4.86 Å². The summed E-state index contributed by atoms with van der Waals surface area (Å²) in [7, 11) is 0. The van der Waals surface area contributed by atoms with Crippen molar-refractivity contribution in [2.75, 3.05) is 26.4 Å². The Balaban J connectivity index is 2.04. The Hall–Kier alpha value is 1.10. The lowest BCUT2D eigenvalue weighted by molar-refractivity contribution is 0.365. The van der Waals surface area contributed by atoms with Crippen molar-refractivity contribution >= 4 is 36.9 Å². The molecule has 2 saturated heterocycles. The van der Waals surface area contributed by atoms with E-state index in [1.807, 2.05) is 0 Å². The fourth-order valence-corrected chi connectivity index (χ4v) is 7.80. The smallest absolute Gasteiger partial charge is 0.268 e. The summed E-state index contributed by atoms with van der Waals surface area (Å²) in [5.41, 5.74) is 0. The second-order valence-corrected chi connectivity index (χ2v) is 9.13. The summed E-state index contributed by atoms with van der Waals surface area (Å²) in [6.07, 6.45) is 0. The molecule has 5 nitrogen and oxygen atoms in total. The number of rotatable bonds is 2. The summed E-state index contributed by atoms with van der Waals surface area (Å²) in [6, 6.07) is 0. The van der Waals surface area contributed by atoms with Crippen molar-refractivity contribution in [3.05, 3.63) is 0 Å². The van der Waals surface area contributed by atoms with Crippen molar-refractivity contribution in [1.82, 2.24) is 4.86 Å². The highest BCUT2D eigenvalue weighted by molar-refractivity contribution is 8.17. The van der Waals surface area contributed by atoms with Gasteiger partial charge in [-0.1, -0.05) is 0 Å². The highest BCUT2D eigenvalue weighted by Crippen LogP contribution is 2.61. The van der Waals surface area contributed by atoms with Crippen LogP contribution in [0, 0.1) is 0 Å². The molecule has 0 spiro atoms. The first-order valence-corrected chi connectivity index (χ1v) is 8.97. The van der Waals surface area contributed by atoms with E-state index in [1.165, 1.54) is 0 Å². The van der Waals surface area contributed by atoms with Crippen LogP contribution in [0.5, 0.6) is 0 Å². The van der Waals surface area contributed by atoms with E-state index < -0.39 is 13.3 Å². The maximum atomic E-state index is 5.26. The van der Waals surface area contributed by atoms with Crippen LogP contribution in [0.1, 0.15) is 0 Å². The average molecular weight is 261 g/mol. The van der Waals surface area contributed by atoms with Crippen LogP contribution in [-0.4, -0.2) is 26.4 Å². The van der Waals surface area contributed by atoms with Gasteiger partial charge in [-0.05, 0) is 23.6 Å². The summed E-state index contributed by atoms with van der Waals surface area (Å²) in [6.45, 7) is -2.76. The zero-order valence-electron chi connectivity index (χ0n) is 6.67. The van der Waals surface area contributed by atoms with Gasteiger partial charge in [0.15, 0.2) is 0 Å². The van der Waals surface area contributed by atoms with Gasteiger partial charge in [-0.25, -0.2) is 0 Å². The molecule has 2 aliphatic rings. The van der Waals surface area contributed by atoms with E-state index in [1.54, 1.807) is 0 Å². The second kappa shape index (κ2) is 3.93. The molecule has 76 valence electrons. The van der Waals surface area contributed by atoms with E-state index in [9.17, 15) is 0 Å². The van der Waals surface area contributed by atoms with Gasteiger partial charge in [0.05, 0.1) is 26.4 Å². The monoisotopic (exact) mass is 261 g/mol. The van der Waals surface area contributed by atoms with Crippen LogP contribution < -0.4 is 4.86 Å². The molecular weight excluding hydrogens is 252 g/mol. The van der Waals surface area contributed by atoms with Crippen LogP contribution in [0.3, 0.4) is 0 Å². The van der Waals surface area contributed by atoms with E-state index in [2.05, 4.69) is 4.86 Å². The highest BCUT2D eigenvalue weighted by atomic mass is 32.5. The SMILES string of the molecule is S=P1(NP2(=S)OCCO2)OCCO1. The van der Waals surface area contributed by atoms with Gasteiger partial charge in [-0.15, -0.1) is 0 Å². The van der Waals surface area contributed by atoms with Crippen molar-refractivity contribution < 1.29 is 18.1 Å². The molecule has 2 heterocycles. The van der Waals surface area contributed by atoms with E-state index in [4.69, 9.17) is 41.7 Å². The molecule has 0 aromatic heterocycles. The predicted molar refractivity (Wildman–Crippen MR) is 55.5 cm³/mol. The molecule has 0 aliphatic carbocycles. The fraction of sp³-hybridized carbons (Fsp3) is 1.00. The summed E-state index contributed by atoms with van der Waals surface area (Å²) in [4.78, 5) is 2.89. The zero-order chi connectivity index (χ0) is 9.36. The quantitative estimate of drug-likeness (QED) is 0.747. The van der Waals surface area contributed by atoms with Crippen LogP contribution in [0.25, 0.3) is 0 Å². The molecule has 9 heteroatoms. The van der Waals surface area contributed by atoms with Gasteiger partial charge in [0.25, 0.3) is 13.3 Å². The van der Waals surface area contributed by atoms with E-state index >= 15 is 0 Å².